The second-order valence-electron chi connectivity index (χ2n) is 4.30. The zero-order valence-electron chi connectivity index (χ0n) is 8.37. The minimum atomic E-state index is 0.174. The van der Waals surface area contributed by atoms with Crippen LogP contribution in [0.15, 0.2) is 36.9 Å². The average molecular weight is 188 g/mol. The van der Waals surface area contributed by atoms with Crippen molar-refractivity contribution in [1.29, 1.82) is 0 Å². The Morgan fingerprint density at radius 1 is 1.29 bits per heavy atom. The molecule has 0 saturated heterocycles. The van der Waals surface area contributed by atoms with Gasteiger partial charge in [-0.1, -0.05) is 36.9 Å². The fourth-order valence-corrected chi connectivity index (χ4v) is 1.80. The van der Waals surface area contributed by atoms with Crippen LogP contribution in [0.5, 0.6) is 0 Å². The highest BCUT2D eigenvalue weighted by Gasteiger charge is 2.42. The lowest BCUT2D eigenvalue weighted by atomic mass is 9.94. The van der Waals surface area contributed by atoms with Crippen molar-refractivity contribution in [3.05, 3.63) is 42.5 Å². The summed E-state index contributed by atoms with van der Waals surface area (Å²) in [7, 11) is 0. The molecule has 0 amide bonds. The van der Waals surface area contributed by atoms with Crippen LogP contribution in [0.2, 0.25) is 0 Å². The Morgan fingerprint density at radius 2 is 1.93 bits per heavy atom. The van der Waals surface area contributed by atoms with E-state index in [0.29, 0.717) is 6.61 Å². The third kappa shape index (κ3) is 1.88. The molecular formula is C13H16O. The van der Waals surface area contributed by atoms with E-state index in [9.17, 15) is 5.11 Å². The van der Waals surface area contributed by atoms with Crippen LogP contribution in [0.1, 0.15) is 24.8 Å². The fourth-order valence-electron chi connectivity index (χ4n) is 1.80. The summed E-state index contributed by atoms with van der Waals surface area (Å²) in [6, 6.07) is 10.2. The van der Waals surface area contributed by atoms with E-state index in [2.05, 4.69) is 18.7 Å². The number of benzene rings is 1. The fraction of sp³-hybridized carbons (Fsp3) is 0.385. The number of rotatable bonds is 4. The van der Waals surface area contributed by atoms with Crippen LogP contribution in [0.25, 0.3) is 5.57 Å². The Morgan fingerprint density at radius 3 is 2.43 bits per heavy atom. The molecule has 1 heteroatoms. The van der Waals surface area contributed by atoms with E-state index in [1.54, 1.807) is 0 Å². The summed E-state index contributed by atoms with van der Waals surface area (Å²) in [5.41, 5.74) is 2.52. The summed E-state index contributed by atoms with van der Waals surface area (Å²) in [5, 5.41) is 9.21. The Kier molecular flexibility index (Phi) is 2.42. The highest BCUT2D eigenvalue weighted by Crippen LogP contribution is 2.51. The monoisotopic (exact) mass is 188 g/mol. The van der Waals surface area contributed by atoms with Crippen LogP contribution in [-0.2, 0) is 0 Å². The molecule has 1 nitrogen and oxygen atoms in total. The number of aliphatic hydroxyl groups is 1. The third-order valence-corrected chi connectivity index (χ3v) is 3.06. The van der Waals surface area contributed by atoms with Crippen molar-refractivity contribution in [1.82, 2.24) is 0 Å². The lowest BCUT2D eigenvalue weighted by Gasteiger charge is -2.13. The van der Waals surface area contributed by atoms with Gasteiger partial charge in [-0.3, -0.25) is 0 Å². The second-order valence-corrected chi connectivity index (χ2v) is 4.30. The Bertz CT molecular complexity index is 322. The van der Waals surface area contributed by atoms with Crippen LogP contribution >= 0.6 is 0 Å². The highest BCUT2D eigenvalue weighted by atomic mass is 16.3. The normalized spacial score (nSPS) is 17.8. The number of allylic oxidation sites excluding steroid dienone is 1. The summed E-state index contributed by atoms with van der Waals surface area (Å²) in [5.74, 6) is 0. The smallest absolute Gasteiger partial charge is 0.0490 e. The number of hydrogen-bond donors (Lipinski definition) is 1. The quantitative estimate of drug-likeness (QED) is 0.770. The molecule has 0 aromatic heterocycles. The molecule has 0 atom stereocenters. The SMILES string of the molecule is C=C(CC1(CO)CC1)c1ccccc1. The number of hydrogen-bond acceptors (Lipinski definition) is 1. The van der Waals surface area contributed by atoms with Gasteiger partial charge < -0.3 is 5.11 Å². The molecule has 74 valence electrons. The maximum absolute atomic E-state index is 9.21. The zero-order chi connectivity index (χ0) is 10.0. The molecule has 0 radical (unpaired) electrons. The largest absolute Gasteiger partial charge is 0.396 e. The van der Waals surface area contributed by atoms with Crippen molar-refractivity contribution in [3.63, 3.8) is 0 Å². The molecule has 0 bridgehead atoms. The molecule has 1 saturated carbocycles. The molecule has 0 aliphatic heterocycles. The predicted molar refractivity (Wildman–Crippen MR) is 58.8 cm³/mol. The molecule has 0 heterocycles. The van der Waals surface area contributed by atoms with Gasteiger partial charge in [-0.2, -0.15) is 0 Å². The molecule has 1 aromatic carbocycles. The van der Waals surface area contributed by atoms with Gasteiger partial charge in [-0.25, -0.2) is 0 Å². The third-order valence-electron chi connectivity index (χ3n) is 3.06. The first-order valence-electron chi connectivity index (χ1n) is 5.10. The van der Waals surface area contributed by atoms with Crippen molar-refractivity contribution in [2.24, 2.45) is 5.41 Å². The van der Waals surface area contributed by atoms with Crippen molar-refractivity contribution in [2.75, 3.05) is 6.61 Å². The van der Waals surface area contributed by atoms with Crippen LogP contribution in [0.4, 0.5) is 0 Å². The summed E-state index contributed by atoms with van der Waals surface area (Å²) in [6.45, 7) is 4.39. The van der Waals surface area contributed by atoms with Crippen LogP contribution < -0.4 is 0 Å². The van der Waals surface area contributed by atoms with E-state index in [-0.39, 0.29) is 5.41 Å². The van der Waals surface area contributed by atoms with E-state index in [1.807, 2.05) is 18.2 Å². The predicted octanol–water partition coefficient (Wildman–Crippen LogP) is 2.86. The summed E-state index contributed by atoms with van der Waals surface area (Å²) >= 11 is 0. The molecule has 0 spiro atoms. The van der Waals surface area contributed by atoms with Crippen LogP contribution in [0.3, 0.4) is 0 Å². The van der Waals surface area contributed by atoms with Gasteiger partial charge in [-0.15, -0.1) is 0 Å². The highest BCUT2D eigenvalue weighted by molar-refractivity contribution is 5.64. The maximum Gasteiger partial charge on any atom is 0.0490 e. The molecule has 1 aliphatic carbocycles. The van der Waals surface area contributed by atoms with E-state index < -0.39 is 0 Å². The van der Waals surface area contributed by atoms with E-state index in [1.165, 1.54) is 5.56 Å². The van der Waals surface area contributed by atoms with Gasteiger partial charge in [0, 0.05) is 6.61 Å². The first kappa shape index (κ1) is 9.47. The first-order valence-corrected chi connectivity index (χ1v) is 5.10. The Labute approximate surface area is 85.1 Å². The van der Waals surface area contributed by atoms with Gasteiger partial charge in [-0.05, 0) is 35.8 Å². The standard InChI is InChI=1S/C13H16O/c1-11(9-13(10-14)7-8-13)12-5-3-2-4-6-12/h2-6,14H,1,7-10H2. The lowest BCUT2D eigenvalue weighted by Crippen LogP contribution is -2.06. The van der Waals surface area contributed by atoms with Crippen LogP contribution in [-0.4, -0.2) is 11.7 Å². The molecule has 1 aromatic rings. The minimum Gasteiger partial charge on any atom is -0.396 e. The van der Waals surface area contributed by atoms with Gasteiger partial charge in [0.05, 0.1) is 0 Å². The Balaban J connectivity index is 2.03. The number of aliphatic hydroxyl groups excluding tert-OH is 1. The van der Waals surface area contributed by atoms with Gasteiger partial charge in [0.25, 0.3) is 0 Å². The second kappa shape index (κ2) is 3.58. The maximum atomic E-state index is 9.21. The molecule has 1 aliphatic rings. The van der Waals surface area contributed by atoms with Crippen molar-refractivity contribution in [2.45, 2.75) is 19.3 Å². The van der Waals surface area contributed by atoms with Crippen molar-refractivity contribution < 1.29 is 5.11 Å². The minimum absolute atomic E-state index is 0.174. The molecule has 1 fully saturated rings. The summed E-state index contributed by atoms with van der Waals surface area (Å²) < 4.78 is 0. The first-order chi connectivity index (χ1) is 6.76. The van der Waals surface area contributed by atoms with Gasteiger partial charge in [0.15, 0.2) is 0 Å². The average Bonchev–Trinajstić information content (AvgIpc) is 3.00. The molecule has 1 N–H and O–H groups in total. The van der Waals surface area contributed by atoms with Gasteiger partial charge >= 0.3 is 0 Å². The van der Waals surface area contributed by atoms with E-state index in [4.69, 9.17) is 0 Å². The molecule has 0 unspecified atom stereocenters. The van der Waals surface area contributed by atoms with Crippen molar-refractivity contribution in [3.8, 4) is 0 Å². The van der Waals surface area contributed by atoms with Crippen LogP contribution in [0, 0.1) is 5.41 Å². The summed E-state index contributed by atoms with van der Waals surface area (Å²) in [4.78, 5) is 0. The van der Waals surface area contributed by atoms with E-state index in [0.717, 1.165) is 24.8 Å². The Hall–Kier alpha value is -1.08. The topological polar surface area (TPSA) is 20.2 Å². The lowest BCUT2D eigenvalue weighted by molar-refractivity contribution is 0.215. The summed E-state index contributed by atoms with van der Waals surface area (Å²) in [6.07, 6.45) is 3.23. The zero-order valence-corrected chi connectivity index (χ0v) is 8.37. The van der Waals surface area contributed by atoms with Gasteiger partial charge in [0.2, 0.25) is 0 Å². The molecule has 2 rings (SSSR count). The van der Waals surface area contributed by atoms with E-state index >= 15 is 0 Å². The molecular weight excluding hydrogens is 172 g/mol. The van der Waals surface area contributed by atoms with Gasteiger partial charge in [0.1, 0.15) is 0 Å². The molecule has 14 heavy (non-hydrogen) atoms. The van der Waals surface area contributed by atoms with Crippen molar-refractivity contribution >= 4 is 5.57 Å².